The number of carbonyl (C=O) groups is 1. The van der Waals surface area contributed by atoms with E-state index in [2.05, 4.69) is 15.3 Å². The van der Waals surface area contributed by atoms with Crippen LogP contribution in [0.1, 0.15) is 15.9 Å². The molecule has 1 amide bonds. The third-order valence-electron chi connectivity index (χ3n) is 5.99. The molecule has 3 aromatic carbocycles. The number of carbonyl (C=O) groups excluding carboxylic acids is 1. The van der Waals surface area contributed by atoms with Gasteiger partial charge in [-0.2, -0.15) is 12.7 Å². The lowest BCUT2D eigenvalue weighted by molar-refractivity contribution is 0.102. The molecule has 1 N–H and O–H groups in total. The number of para-hydroxylation sites is 1. The fraction of sp³-hybridized carbons (Fsp3) is 0.160. The van der Waals surface area contributed by atoms with Crippen molar-refractivity contribution in [2.75, 3.05) is 29.8 Å². The summed E-state index contributed by atoms with van der Waals surface area (Å²) in [4.78, 5) is 22.1. The monoisotopic (exact) mass is 507 g/mol. The highest BCUT2D eigenvalue weighted by molar-refractivity contribution is 7.90. The average Bonchev–Trinajstić information content (AvgIpc) is 3.11. The summed E-state index contributed by atoms with van der Waals surface area (Å²) in [5.41, 5.74) is 3.58. The first kappa shape index (κ1) is 23.2. The van der Waals surface area contributed by atoms with Crippen LogP contribution >= 0.6 is 11.6 Å². The van der Waals surface area contributed by atoms with E-state index in [1.54, 1.807) is 56.6 Å². The first-order chi connectivity index (χ1) is 16.7. The van der Waals surface area contributed by atoms with Gasteiger partial charge < -0.3 is 5.32 Å². The lowest BCUT2D eigenvalue weighted by atomic mass is 10.1. The summed E-state index contributed by atoms with van der Waals surface area (Å²) < 4.78 is 27.6. The third kappa shape index (κ3) is 4.34. The Balaban J connectivity index is 1.40. The van der Waals surface area contributed by atoms with Gasteiger partial charge in [0.1, 0.15) is 0 Å². The van der Waals surface area contributed by atoms with Gasteiger partial charge in [0, 0.05) is 48.5 Å². The molecule has 1 aromatic heterocycles. The van der Waals surface area contributed by atoms with Gasteiger partial charge in [-0.25, -0.2) is 9.97 Å². The van der Waals surface area contributed by atoms with Crippen molar-refractivity contribution in [1.29, 1.82) is 0 Å². The number of rotatable bonds is 4. The molecule has 0 bridgehead atoms. The third-order valence-corrected chi connectivity index (χ3v) is 8.24. The van der Waals surface area contributed by atoms with Crippen LogP contribution in [-0.2, 0) is 10.2 Å². The summed E-state index contributed by atoms with van der Waals surface area (Å²) in [6.07, 6.45) is 1.74. The topological polar surface area (TPSA) is 95.5 Å². The van der Waals surface area contributed by atoms with Crippen LogP contribution in [0.15, 0.2) is 66.9 Å². The molecular formula is C25H22ClN5O3S. The lowest BCUT2D eigenvalue weighted by Crippen LogP contribution is -2.30. The Labute approximate surface area is 208 Å². The van der Waals surface area contributed by atoms with E-state index in [0.717, 1.165) is 10.9 Å². The van der Waals surface area contributed by atoms with Gasteiger partial charge >= 0.3 is 10.2 Å². The number of hydrogen-bond donors (Lipinski definition) is 1. The molecule has 4 aromatic rings. The van der Waals surface area contributed by atoms with Gasteiger partial charge in [0.05, 0.1) is 16.2 Å². The first-order valence-corrected chi connectivity index (χ1v) is 12.7. The van der Waals surface area contributed by atoms with Gasteiger partial charge in [-0.05, 0) is 55.0 Å². The number of benzene rings is 3. The van der Waals surface area contributed by atoms with Gasteiger partial charge in [0.2, 0.25) is 0 Å². The Morgan fingerprint density at radius 3 is 2.60 bits per heavy atom. The molecule has 0 radical (unpaired) electrons. The van der Waals surface area contributed by atoms with Crippen LogP contribution in [0.2, 0.25) is 5.02 Å². The SMILES string of the molecule is Cc1cc(N2CCN(C)S2(=O)=O)ccc1C(=O)Nc1ccc(Cl)c(-c2ncc3ccccc3n2)c1. The zero-order chi connectivity index (χ0) is 24.7. The maximum absolute atomic E-state index is 13.0. The summed E-state index contributed by atoms with van der Waals surface area (Å²) in [6.45, 7) is 2.57. The quantitative estimate of drug-likeness (QED) is 0.438. The van der Waals surface area contributed by atoms with Crippen LogP contribution in [0.25, 0.3) is 22.3 Å². The highest BCUT2D eigenvalue weighted by atomic mass is 35.5. The van der Waals surface area contributed by atoms with E-state index < -0.39 is 10.2 Å². The molecule has 0 aliphatic carbocycles. The Morgan fingerprint density at radius 2 is 1.86 bits per heavy atom. The van der Waals surface area contributed by atoms with E-state index in [9.17, 15) is 13.2 Å². The van der Waals surface area contributed by atoms with Crippen LogP contribution in [0.4, 0.5) is 11.4 Å². The average molecular weight is 508 g/mol. The second-order valence-electron chi connectivity index (χ2n) is 8.30. The number of aromatic nitrogens is 2. The molecule has 1 aliphatic rings. The van der Waals surface area contributed by atoms with Crippen molar-refractivity contribution < 1.29 is 13.2 Å². The smallest absolute Gasteiger partial charge is 0.303 e. The summed E-state index contributed by atoms with van der Waals surface area (Å²) in [5, 5.41) is 4.28. The van der Waals surface area contributed by atoms with Crippen molar-refractivity contribution >= 4 is 50.0 Å². The lowest BCUT2D eigenvalue weighted by Gasteiger charge is -2.19. The fourth-order valence-corrected chi connectivity index (χ4v) is 5.57. The minimum Gasteiger partial charge on any atom is -0.322 e. The number of nitrogens with zero attached hydrogens (tertiary/aromatic N) is 4. The maximum Gasteiger partial charge on any atom is 0.303 e. The van der Waals surface area contributed by atoms with Crippen LogP contribution in [0.3, 0.4) is 0 Å². The minimum absolute atomic E-state index is 0.317. The summed E-state index contributed by atoms with van der Waals surface area (Å²) >= 11 is 6.42. The number of fused-ring (bicyclic) bond motifs is 1. The number of nitrogens with one attached hydrogen (secondary N) is 1. The second kappa shape index (κ2) is 8.92. The van der Waals surface area contributed by atoms with Gasteiger partial charge in [-0.15, -0.1) is 0 Å². The molecule has 0 spiro atoms. The molecule has 5 rings (SSSR count). The molecule has 10 heteroatoms. The Kier molecular flexibility index (Phi) is 5.92. The molecule has 8 nitrogen and oxygen atoms in total. The fourth-order valence-electron chi connectivity index (χ4n) is 4.03. The predicted octanol–water partition coefficient (Wildman–Crippen LogP) is 4.51. The van der Waals surface area contributed by atoms with Gasteiger partial charge in [0.15, 0.2) is 5.82 Å². The van der Waals surface area contributed by atoms with Gasteiger partial charge in [-0.1, -0.05) is 29.8 Å². The van der Waals surface area contributed by atoms with Crippen molar-refractivity contribution in [3.63, 3.8) is 0 Å². The van der Waals surface area contributed by atoms with E-state index in [4.69, 9.17) is 11.6 Å². The first-order valence-electron chi connectivity index (χ1n) is 10.9. The molecule has 0 atom stereocenters. The van der Waals surface area contributed by atoms with Crippen molar-refractivity contribution in [2.24, 2.45) is 0 Å². The van der Waals surface area contributed by atoms with Crippen LogP contribution in [0, 0.1) is 6.92 Å². The summed E-state index contributed by atoms with van der Waals surface area (Å²) in [5.74, 6) is 0.144. The summed E-state index contributed by atoms with van der Waals surface area (Å²) in [7, 11) is -1.98. The predicted molar refractivity (Wildman–Crippen MR) is 138 cm³/mol. The number of likely N-dealkylation sites (N-methyl/N-ethyl adjacent to an activating group) is 1. The number of aryl methyl sites for hydroxylation is 1. The molecule has 1 saturated heterocycles. The minimum atomic E-state index is -3.52. The van der Waals surface area contributed by atoms with E-state index in [-0.39, 0.29) is 5.91 Å². The zero-order valence-corrected chi connectivity index (χ0v) is 20.6. The zero-order valence-electron chi connectivity index (χ0n) is 19.1. The van der Waals surface area contributed by atoms with Crippen molar-refractivity contribution in [1.82, 2.24) is 14.3 Å². The van der Waals surface area contributed by atoms with Crippen LogP contribution < -0.4 is 9.62 Å². The van der Waals surface area contributed by atoms with E-state index in [0.29, 0.717) is 52.0 Å². The van der Waals surface area contributed by atoms with Crippen LogP contribution in [-0.4, -0.2) is 48.7 Å². The highest BCUT2D eigenvalue weighted by Crippen LogP contribution is 2.30. The van der Waals surface area contributed by atoms with Crippen molar-refractivity contribution in [3.05, 3.63) is 83.0 Å². The Morgan fingerprint density at radius 1 is 1.06 bits per heavy atom. The molecule has 0 saturated carbocycles. The van der Waals surface area contributed by atoms with Crippen LogP contribution in [0.5, 0.6) is 0 Å². The van der Waals surface area contributed by atoms with E-state index in [1.807, 2.05) is 24.3 Å². The number of anilines is 2. The molecular weight excluding hydrogens is 486 g/mol. The molecule has 1 aliphatic heterocycles. The molecule has 178 valence electrons. The number of halogens is 1. The maximum atomic E-state index is 13.0. The van der Waals surface area contributed by atoms with Crippen molar-refractivity contribution in [3.8, 4) is 11.4 Å². The molecule has 0 unspecified atom stereocenters. The number of amides is 1. The van der Waals surface area contributed by atoms with Gasteiger partial charge in [0.25, 0.3) is 5.91 Å². The summed E-state index contributed by atoms with van der Waals surface area (Å²) in [6, 6.07) is 17.8. The van der Waals surface area contributed by atoms with E-state index in [1.165, 1.54) is 8.61 Å². The Bertz CT molecular complexity index is 1570. The largest absolute Gasteiger partial charge is 0.322 e. The van der Waals surface area contributed by atoms with E-state index >= 15 is 0 Å². The number of hydrogen-bond acceptors (Lipinski definition) is 5. The highest BCUT2D eigenvalue weighted by Gasteiger charge is 2.34. The van der Waals surface area contributed by atoms with Gasteiger partial charge in [-0.3, -0.25) is 9.10 Å². The second-order valence-corrected chi connectivity index (χ2v) is 10.7. The molecule has 35 heavy (non-hydrogen) atoms. The molecule has 1 fully saturated rings. The standard InChI is InChI=1S/C25H22ClN5O3S/c1-16-13-19(31-12-11-30(2)35(31,33)34)8-9-20(16)25(32)28-18-7-10-22(26)21(14-18)24-27-15-17-5-3-4-6-23(17)29-24/h3-10,13-15H,11-12H2,1-2H3,(H,28,32). The molecule has 2 heterocycles. The van der Waals surface area contributed by atoms with Crippen molar-refractivity contribution in [2.45, 2.75) is 6.92 Å². The Hall–Kier alpha value is -3.53. The normalized spacial score (nSPS) is 15.5.